The van der Waals surface area contributed by atoms with Crippen molar-refractivity contribution < 1.29 is 65.9 Å². The van der Waals surface area contributed by atoms with Gasteiger partial charge in [0.15, 0.2) is 11.0 Å². The largest absolute Gasteiger partial charge is 0.488 e. The number of unbranched alkanes of at least 4 members (excludes halogenated alkanes) is 3. The fourth-order valence-corrected chi connectivity index (χ4v) is 11.4. The number of rotatable bonds is 40. The number of H-pyrrole nitrogens is 1. The molecule has 25 nitrogen and oxygen atoms in total. The van der Waals surface area contributed by atoms with Crippen LogP contribution in [0.4, 0.5) is 11.4 Å². The third-order valence-corrected chi connectivity index (χ3v) is 16.7. The number of fused-ring (bicyclic) bond motifs is 5. The number of aryl methyl sites for hydroxylation is 1. The Kier molecular flexibility index (Phi) is 28.1. The molecule has 482 valence electrons. The Morgan fingerprint density at radius 1 is 0.820 bits per heavy atom. The van der Waals surface area contributed by atoms with Crippen LogP contribution >= 0.6 is 19.6 Å². The number of nitrogens with two attached hydrogens (primary N) is 3. The number of aromatic nitrogens is 2. The number of aldehydes is 1. The average Bonchev–Trinajstić information content (AvgIpc) is 2.04. The van der Waals surface area contributed by atoms with E-state index in [0.29, 0.717) is 142 Å². The number of carbonyl (C=O) groups is 4. The molecule has 0 fully saturated rings. The van der Waals surface area contributed by atoms with Gasteiger partial charge in [-0.2, -0.15) is 0 Å². The summed E-state index contributed by atoms with van der Waals surface area (Å²) in [6.07, 6.45) is 3.48. The number of anilines is 2. The first-order chi connectivity index (χ1) is 43.1. The van der Waals surface area contributed by atoms with E-state index in [2.05, 4.69) is 24.8 Å². The van der Waals surface area contributed by atoms with Crippen molar-refractivity contribution in [3.8, 4) is 11.3 Å². The van der Waals surface area contributed by atoms with Crippen LogP contribution in [0.2, 0.25) is 0 Å². The van der Waals surface area contributed by atoms with Gasteiger partial charge in [-0.05, 0) is 73.5 Å². The van der Waals surface area contributed by atoms with Crippen LogP contribution in [-0.4, -0.2) is 173 Å². The average molecular weight is 1270 g/mol. The van der Waals surface area contributed by atoms with E-state index in [1.807, 2.05) is 92.8 Å². The molecule has 2 aromatic heterocycles. The number of thioether (sulfide) groups is 1. The standard InChI is InChI=1S/C62H83N10O15PS/c1-44-67-51-21-20-50-53(74)42-54(86-61(50)59(51)68-44)45-16-18-47(19-17-45)69(2)27-31-80-33-35-82-37-39-84-40-38-83-36-34-81-32-28-72(64)60-48-13-7-6-12-46(48)43-71(52-15-9-8-14-49(52)58(60)63)57(76)22-25-66-56(75)23-26-70(3)62(77)55(24-29-73)89-41-11-5-4-10-30-85-88(78,79)87-65/h6-9,12-21,29,42,55H,4-5,10-11,22-28,30-41,43,63-65H2,1-3H3,(H,66,75)(H,67,68)(H,78,79)/b60-58-. The van der Waals surface area contributed by atoms with E-state index in [1.54, 1.807) is 23.0 Å². The second kappa shape index (κ2) is 36.0. The van der Waals surface area contributed by atoms with Crippen molar-refractivity contribution in [2.24, 2.45) is 17.5 Å². The number of amides is 3. The van der Waals surface area contributed by atoms with Gasteiger partial charge >= 0.3 is 7.82 Å². The summed E-state index contributed by atoms with van der Waals surface area (Å²) in [4.78, 5) is 86.7. The van der Waals surface area contributed by atoms with Gasteiger partial charge in [-0.25, -0.2) is 25.9 Å². The van der Waals surface area contributed by atoms with Crippen molar-refractivity contribution in [3.05, 3.63) is 124 Å². The molecule has 4 aromatic carbocycles. The molecule has 2 atom stereocenters. The number of nitrogens with one attached hydrogen (secondary N) is 2. The molecule has 89 heavy (non-hydrogen) atoms. The third kappa shape index (κ3) is 21.0. The summed E-state index contributed by atoms with van der Waals surface area (Å²) in [5.74, 6) is 12.5. The van der Waals surface area contributed by atoms with E-state index < -0.39 is 13.1 Å². The molecule has 0 radical (unpaired) electrons. The monoisotopic (exact) mass is 1270 g/mol. The van der Waals surface area contributed by atoms with Crippen LogP contribution in [0.3, 0.4) is 0 Å². The van der Waals surface area contributed by atoms with Crippen molar-refractivity contribution in [3.63, 3.8) is 0 Å². The van der Waals surface area contributed by atoms with Gasteiger partial charge in [0.1, 0.15) is 23.4 Å². The van der Waals surface area contributed by atoms with E-state index in [4.69, 9.17) is 50.1 Å². The Bertz CT molecular complexity index is 3410. The molecule has 1 aliphatic heterocycles. The number of para-hydroxylation sites is 1. The zero-order valence-corrected chi connectivity index (χ0v) is 52.5. The van der Waals surface area contributed by atoms with Gasteiger partial charge in [-0.3, -0.25) is 23.7 Å². The lowest BCUT2D eigenvalue weighted by Gasteiger charge is -2.33. The number of benzene rings is 4. The fourth-order valence-electron chi connectivity index (χ4n) is 9.78. The van der Waals surface area contributed by atoms with Crippen LogP contribution in [0.5, 0.6) is 0 Å². The zero-order chi connectivity index (χ0) is 63.5. The minimum atomic E-state index is -4.21. The molecule has 6 aromatic rings. The Labute approximate surface area is 522 Å². The van der Waals surface area contributed by atoms with E-state index in [0.717, 1.165) is 46.6 Å². The number of imidazole rings is 1. The molecule has 1 aliphatic rings. The van der Waals surface area contributed by atoms with Crippen LogP contribution in [-0.2, 0) is 63.1 Å². The summed E-state index contributed by atoms with van der Waals surface area (Å²) in [6.45, 7) is 7.23. The Morgan fingerprint density at radius 3 is 2.15 bits per heavy atom. The summed E-state index contributed by atoms with van der Waals surface area (Å²) < 4.78 is 54.8. The summed E-state index contributed by atoms with van der Waals surface area (Å²) in [7, 11) is -0.636. The molecule has 27 heteroatoms. The quantitative estimate of drug-likeness (QED) is 0.00810. The highest BCUT2D eigenvalue weighted by Gasteiger charge is 2.29. The fraction of sp³-hybridized carbons (Fsp3) is 0.452. The number of ether oxygens (including phenoxy) is 5. The first-order valence-electron chi connectivity index (χ1n) is 29.6. The molecule has 3 amide bonds. The molecular weight excluding hydrogens is 1190 g/mol. The predicted molar refractivity (Wildman–Crippen MR) is 342 cm³/mol. The van der Waals surface area contributed by atoms with Crippen LogP contribution in [0.15, 0.2) is 100 Å². The third-order valence-electron chi connectivity index (χ3n) is 14.6. The van der Waals surface area contributed by atoms with Crippen molar-refractivity contribution in [2.45, 2.75) is 63.7 Å². The minimum Gasteiger partial charge on any atom is -0.453 e. The number of hydrogen-bond donors (Lipinski definition) is 6. The molecule has 0 bridgehead atoms. The summed E-state index contributed by atoms with van der Waals surface area (Å²) in [5, 5.41) is 4.27. The van der Waals surface area contributed by atoms with Crippen molar-refractivity contribution in [1.82, 2.24) is 25.2 Å². The minimum absolute atomic E-state index is 0.00392. The number of likely N-dealkylation sites (N-methyl/N-ethyl adjacent to an activating group) is 1. The normalized spacial score (nSPS) is 14.2. The smallest absolute Gasteiger partial charge is 0.453 e. The topological polar surface area (TPSA) is 332 Å². The van der Waals surface area contributed by atoms with Gasteiger partial charge in [0.2, 0.25) is 17.7 Å². The van der Waals surface area contributed by atoms with Gasteiger partial charge in [0, 0.05) is 81.4 Å². The molecule has 3 heterocycles. The molecule has 7 rings (SSSR count). The molecule has 0 saturated carbocycles. The van der Waals surface area contributed by atoms with Crippen LogP contribution in [0.25, 0.3) is 44.7 Å². The zero-order valence-electron chi connectivity index (χ0n) is 50.8. The van der Waals surface area contributed by atoms with E-state index >= 15 is 0 Å². The number of carbonyl (C=O) groups excluding carboxylic acids is 4. The van der Waals surface area contributed by atoms with Crippen molar-refractivity contribution in [1.29, 1.82) is 0 Å². The highest BCUT2D eigenvalue weighted by atomic mass is 32.2. The van der Waals surface area contributed by atoms with Crippen molar-refractivity contribution >= 4 is 88.4 Å². The first-order valence-corrected chi connectivity index (χ1v) is 32.2. The van der Waals surface area contributed by atoms with Gasteiger partial charge in [-0.1, -0.05) is 55.3 Å². The molecule has 0 saturated heterocycles. The Balaban J connectivity index is 0.736. The van der Waals surface area contributed by atoms with Crippen LogP contribution in [0.1, 0.15) is 67.5 Å². The molecule has 0 aliphatic carbocycles. The predicted octanol–water partition coefficient (Wildman–Crippen LogP) is 6.28. The first kappa shape index (κ1) is 69.4. The second-order valence-electron chi connectivity index (χ2n) is 21.0. The van der Waals surface area contributed by atoms with E-state index in [9.17, 15) is 33.4 Å². The number of hydrazine groups is 1. The van der Waals surface area contributed by atoms with Gasteiger partial charge in [0.25, 0.3) is 0 Å². The van der Waals surface area contributed by atoms with Gasteiger partial charge in [-0.15, -0.1) is 11.8 Å². The summed E-state index contributed by atoms with van der Waals surface area (Å²) in [5.41, 5.74) is 14.3. The summed E-state index contributed by atoms with van der Waals surface area (Å²) >= 11 is 1.37. The van der Waals surface area contributed by atoms with Gasteiger partial charge < -0.3 is 73.5 Å². The van der Waals surface area contributed by atoms with Crippen molar-refractivity contribution in [2.75, 3.05) is 129 Å². The SMILES string of the molecule is Cc1nc2c(ccc3c(=O)cc(-c4ccc(N(C)CCOCCOCCOCCOCCOCCN(N)/C5=C(\N)c6ccccc6N(C(=O)CCNC(=O)CCN(C)C(=O)C(CC=O)SCCCCCCOP(=O)(O)ON)Cc6ccccc65)cc4)oc32)[nH]1. The lowest BCUT2D eigenvalue weighted by atomic mass is 9.95. The van der Waals surface area contributed by atoms with Gasteiger partial charge in [0.05, 0.1) is 119 Å². The second-order valence-corrected chi connectivity index (χ2v) is 23.7. The molecule has 9 N–H and O–H groups in total. The molecule has 0 spiro atoms. The maximum absolute atomic E-state index is 14.1. The molecule has 2 unspecified atom stereocenters. The number of phosphoric acid groups is 1. The Hall–Kier alpha value is -7.04. The number of hydrogen-bond acceptors (Lipinski definition) is 21. The van der Waals surface area contributed by atoms with E-state index in [1.165, 1.54) is 22.7 Å². The highest BCUT2D eigenvalue weighted by Crippen LogP contribution is 2.41. The lowest BCUT2D eigenvalue weighted by Crippen LogP contribution is -2.39. The number of aromatic amines is 1. The van der Waals surface area contributed by atoms with Crippen LogP contribution in [0, 0.1) is 6.92 Å². The molecular formula is C62H83N10O15PS. The number of nitrogens with zero attached hydrogens (tertiary/aromatic N) is 5. The van der Waals surface area contributed by atoms with E-state index in [-0.39, 0.29) is 75.3 Å². The maximum Gasteiger partial charge on any atom is 0.488 e. The lowest BCUT2D eigenvalue weighted by molar-refractivity contribution is -0.131. The number of phosphoric ester groups is 1. The highest BCUT2D eigenvalue weighted by molar-refractivity contribution is 8.00. The Morgan fingerprint density at radius 2 is 1.46 bits per heavy atom. The van der Waals surface area contributed by atoms with Crippen LogP contribution < -0.4 is 38.0 Å². The maximum atomic E-state index is 14.1. The summed E-state index contributed by atoms with van der Waals surface area (Å²) in [6, 6.07) is 27.9.